The topological polar surface area (TPSA) is 52.1 Å². The third-order valence-electron chi connectivity index (χ3n) is 1.90. The first-order valence-corrected chi connectivity index (χ1v) is 4.60. The number of benzene rings is 1. The minimum atomic E-state index is -0.854. The number of carbonyl (C=O) groups excluding carboxylic acids is 1. The quantitative estimate of drug-likeness (QED) is 0.767. The number of aldehydes is 1. The lowest BCUT2D eigenvalue weighted by molar-refractivity contribution is 0.112. The van der Waals surface area contributed by atoms with E-state index in [-0.39, 0.29) is 11.6 Å². The molecule has 1 heterocycles. The summed E-state index contributed by atoms with van der Waals surface area (Å²) >= 11 is 0. The molecule has 0 saturated carbocycles. The molecule has 0 bridgehead atoms. The van der Waals surface area contributed by atoms with Crippen molar-refractivity contribution in [3.8, 4) is 11.8 Å². The van der Waals surface area contributed by atoms with E-state index in [2.05, 4.69) is 9.97 Å². The average molecular weight is 236 g/mol. The summed E-state index contributed by atoms with van der Waals surface area (Å²) in [6, 6.07) is 3.09. The zero-order valence-electron chi connectivity index (χ0n) is 8.43. The predicted molar refractivity (Wildman–Crippen MR) is 53.9 cm³/mol. The van der Waals surface area contributed by atoms with Crippen molar-refractivity contribution in [3.05, 3.63) is 47.8 Å². The number of rotatable bonds is 3. The fourth-order valence-electron chi connectivity index (χ4n) is 1.11. The van der Waals surface area contributed by atoms with Crippen LogP contribution in [-0.4, -0.2) is 16.3 Å². The van der Waals surface area contributed by atoms with Crippen LogP contribution in [0.15, 0.2) is 30.6 Å². The third-order valence-corrected chi connectivity index (χ3v) is 1.90. The molecule has 6 heteroatoms. The molecule has 2 aromatic rings. The van der Waals surface area contributed by atoms with Crippen LogP contribution < -0.4 is 4.74 Å². The molecule has 0 spiro atoms. The van der Waals surface area contributed by atoms with Crippen LogP contribution in [0.25, 0.3) is 0 Å². The first-order chi connectivity index (χ1) is 8.20. The molecule has 0 atom stereocenters. The number of para-hydroxylation sites is 1. The smallest absolute Gasteiger partial charge is 0.322 e. The Labute approximate surface area is 94.9 Å². The van der Waals surface area contributed by atoms with Gasteiger partial charge < -0.3 is 4.74 Å². The molecule has 0 aliphatic rings. The number of nitrogens with zero attached hydrogens (tertiary/aromatic N) is 2. The molecular formula is C11H6F2N2O2. The Kier molecular flexibility index (Phi) is 3.04. The lowest BCUT2D eigenvalue weighted by Crippen LogP contribution is -1.97. The first kappa shape index (κ1) is 11.1. The molecule has 1 aromatic heterocycles. The fourth-order valence-corrected chi connectivity index (χ4v) is 1.11. The normalized spacial score (nSPS) is 10.0. The van der Waals surface area contributed by atoms with Crippen LogP contribution >= 0.6 is 0 Å². The molecule has 0 aliphatic carbocycles. The van der Waals surface area contributed by atoms with Gasteiger partial charge in [0.2, 0.25) is 5.75 Å². The molecule has 0 radical (unpaired) electrons. The molecular weight excluding hydrogens is 230 g/mol. The Hall–Kier alpha value is -2.37. The second kappa shape index (κ2) is 4.65. The number of halogens is 2. The molecule has 0 amide bonds. The molecule has 17 heavy (non-hydrogen) atoms. The van der Waals surface area contributed by atoms with Gasteiger partial charge in [-0.1, -0.05) is 6.07 Å². The van der Waals surface area contributed by atoms with E-state index < -0.39 is 17.4 Å². The fraction of sp³-hybridized carbons (Fsp3) is 0. The number of hydrogen-bond acceptors (Lipinski definition) is 4. The van der Waals surface area contributed by atoms with Crippen molar-refractivity contribution in [1.82, 2.24) is 9.97 Å². The van der Waals surface area contributed by atoms with Crippen LogP contribution in [0, 0.1) is 11.6 Å². The molecule has 0 N–H and O–H groups in total. The number of hydrogen-bond donors (Lipinski definition) is 0. The van der Waals surface area contributed by atoms with E-state index in [4.69, 9.17) is 4.74 Å². The molecule has 1 aromatic carbocycles. The zero-order chi connectivity index (χ0) is 12.3. The second-order valence-corrected chi connectivity index (χ2v) is 3.07. The molecule has 0 fully saturated rings. The maximum absolute atomic E-state index is 13.2. The first-order valence-electron chi connectivity index (χ1n) is 4.60. The van der Waals surface area contributed by atoms with E-state index in [0.717, 1.165) is 12.1 Å². The summed E-state index contributed by atoms with van der Waals surface area (Å²) in [6.07, 6.45) is 2.93. The van der Waals surface area contributed by atoms with Crippen LogP contribution in [0.1, 0.15) is 10.4 Å². The number of ether oxygens (including phenoxy) is 1. The molecule has 0 saturated heterocycles. The number of aromatic nitrogens is 2. The highest BCUT2D eigenvalue weighted by Gasteiger charge is 2.12. The summed E-state index contributed by atoms with van der Waals surface area (Å²) in [5.41, 5.74) is 0.242. The maximum atomic E-state index is 13.2. The van der Waals surface area contributed by atoms with Gasteiger partial charge in [-0.25, -0.2) is 18.7 Å². The van der Waals surface area contributed by atoms with Gasteiger partial charge in [-0.3, -0.25) is 4.79 Å². The minimum Gasteiger partial charge on any atom is -0.418 e. The van der Waals surface area contributed by atoms with Crippen LogP contribution in [0.5, 0.6) is 11.8 Å². The third kappa shape index (κ3) is 2.41. The maximum Gasteiger partial charge on any atom is 0.322 e. The second-order valence-electron chi connectivity index (χ2n) is 3.07. The van der Waals surface area contributed by atoms with E-state index in [0.29, 0.717) is 6.29 Å². The number of carbonyl (C=O) groups is 1. The van der Waals surface area contributed by atoms with Gasteiger partial charge in [0, 0.05) is 12.4 Å². The lowest BCUT2D eigenvalue weighted by atomic mass is 10.3. The largest absolute Gasteiger partial charge is 0.418 e. The highest BCUT2D eigenvalue weighted by Crippen LogP contribution is 2.24. The Bertz CT molecular complexity index is 523. The summed E-state index contributed by atoms with van der Waals surface area (Å²) in [5.74, 6) is -2.28. The SMILES string of the molecule is O=Cc1cnc(Oc2c(F)cccc2F)nc1. The van der Waals surface area contributed by atoms with Gasteiger partial charge in [0.05, 0.1) is 5.56 Å². The van der Waals surface area contributed by atoms with Gasteiger partial charge in [0.25, 0.3) is 0 Å². The molecule has 4 nitrogen and oxygen atoms in total. The monoisotopic (exact) mass is 236 g/mol. The van der Waals surface area contributed by atoms with Gasteiger partial charge in [-0.05, 0) is 12.1 Å². The van der Waals surface area contributed by atoms with Crippen LogP contribution in [0.4, 0.5) is 8.78 Å². The van der Waals surface area contributed by atoms with Crippen molar-refractivity contribution in [1.29, 1.82) is 0 Å². The van der Waals surface area contributed by atoms with E-state index in [9.17, 15) is 13.6 Å². The highest BCUT2D eigenvalue weighted by molar-refractivity contribution is 5.73. The minimum absolute atomic E-state index is 0.236. The van der Waals surface area contributed by atoms with Gasteiger partial charge >= 0.3 is 6.01 Å². The van der Waals surface area contributed by atoms with E-state index in [1.54, 1.807) is 0 Å². The van der Waals surface area contributed by atoms with E-state index in [1.165, 1.54) is 18.5 Å². The Morgan fingerprint density at radius 3 is 2.24 bits per heavy atom. The van der Waals surface area contributed by atoms with Crippen molar-refractivity contribution in [2.75, 3.05) is 0 Å². The molecule has 0 aliphatic heterocycles. The molecule has 86 valence electrons. The van der Waals surface area contributed by atoms with E-state index >= 15 is 0 Å². The van der Waals surface area contributed by atoms with Crippen LogP contribution in [0.3, 0.4) is 0 Å². The van der Waals surface area contributed by atoms with Crippen LogP contribution in [-0.2, 0) is 0 Å². The van der Waals surface area contributed by atoms with Gasteiger partial charge in [-0.15, -0.1) is 0 Å². The standard InChI is InChI=1S/C11H6F2N2O2/c12-8-2-1-3-9(13)10(8)17-11-14-4-7(6-16)5-15-11/h1-6H. The highest BCUT2D eigenvalue weighted by atomic mass is 19.1. The van der Waals surface area contributed by atoms with Gasteiger partial charge in [-0.2, -0.15) is 0 Å². The average Bonchev–Trinajstić information content (AvgIpc) is 2.35. The van der Waals surface area contributed by atoms with Crippen molar-refractivity contribution in [2.45, 2.75) is 0 Å². The van der Waals surface area contributed by atoms with Crippen molar-refractivity contribution >= 4 is 6.29 Å². The van der Waals surface area contributed by atoms with Gasteiger partial charge in [0.1, 0.15) is 0 Å². The van der Waals surface area contributed by atoms with Crippen molar-refractivity contribution in [2.24, 2.45) is 0 Å². The summed E-state index contributed by atoms with van der Waals surface area (Å²) in [6.45, 7) is 0. The van der Waals surface area contributed by atoms with Gasteiger partial charge in [0.15, 0.2) is 17.9 Å². The zero-order valence-corrected chi connectivity index (χ0v) is 8.43. The van der Waals surface area contributed by atoms with Crippen molar-refractivity contribution in [3.63, 3.8) is 0 Å². The van der Waals surface area contributed by atoms with Crippen molar-refractivity contribution < 1.29 is 18.3 Å². The Morgan fingerprint density at radius 2 is 1.71 bits per heavy atom. The lowest BCUT2D eigenvalue weighted by Gasteiger charge is -2.05. The Balaban J connectivity index is 2.28. The summed E-state index contributed by atoms with van der Waals surface area (Å²) in [4.78, 5) is 17.6. The summed E-state index contributed by atoms with van der Waals surface area (Å²) in [5, 5.41) is 0. The molecule has 2 rings (SSSR count). The summed E-state index contributed by atoms with van der Waals surface area (Å²) < 4.78 is 31.3. The predicted octanol–water partition coefficient (Wildman–Crippen LogP) is 2.36. The Morgan fingerprint density at radius 1 is 1.12 bits per heavy atom. The summed E-state index contributed by atoms with van der Waals surface area (Å²) in [7, 11) is 0. The molecule has 0 unspecified atom stereocenters. The van der Waals surface area contributed by atoms with E-state index in [1.807, 2.05) is 0 Å². The van der Waals surface area contributed by atoms with Crippen LogP contribution in [0.2, 0.25) is 0 Å².